The fourth-order valence-corrected chi connectivity index (χ4v) is 2.42. The number of hydrogen-bond acceptors (Lipinski definition) is 3. The van der Waals surface area contributed by atoms with Crippen molar-refractivity contribution in [2.75, 3.05) is 20.1 Å². The van der Waals surface area contributed by atoms with Crippen molar-refractivity contribution < 1.29 is 4.79 Å². The summed E-state index contributed by atoms with van der Waals surface area (Å²) in [5, 5.41) is 0. The van der Waals surface area contributed by atoms with E-state index in [-0.39, 0.29) is 5.78 Å². The molecule has 112 valence electrons. The van der Waals surface area contributed by atoms with E-state index in [0.29, 0.717) is 6.54 Å². The molecule has 0 amide bonds. The van der Waals surface area contributed by atoms with E-state index in [1.807, 2.05) is 46.1 Å². The Hall–Kier alpha value is -1.94. The van der Waals surface area contributed by atoms with Crippen molar-refractivity contribution in [1.29, 1.82) is 0 Å². The number of aromatic nitrogens is 2. The van der Waals surface area contributed by atoms with Crippen LogP contribution in [-0.2, 0) is 13.5 Å². The van der Waals surface area contributed by atoms with Gasteiger partial charge in [0.1, 0.15) is 0 Å². The fraction of sp³-hybridized carbons (Fsp3) is 0.412. The average molecular weight is 285 g/mol. The summed E-state index contributed by atoms with van der Waals surface area (Å²) >= 11 is 0. The zero-order chi connectivity index (χ0) is 15.4. The topological polar surface area (TPSA) is 38.1 Å². The molecule has 4 nitrogen and oxygen atoms in total. The third-order valence-electron chi connectivity index (χ3n) is 4.02. The molecule has 2 heterocycles. The summed E-state index contributed by atoms with van der Waals surface area (Å²) in [5.41, 5.74) is 4.25. The van der Waals surface area contributed by atoms with Crippen LogP contribution >= 0.6 is 0 Å². The molecule has 2 aromatic rings. The maximum Gasteiger partial charge on any atom is 0.178 e. The van der Waals surface area contributed by atoms with Gasteiger partial charge in [0.05, 0.1) is 6.54 Å². The largest absolute Gasteiger partial charge is 0.351 e. The zero-order valence-corrected chi connectivity index (χ0v) is 13.3. The predicted molar refractivity (Wildman–Crippen MR) is 84.7 cm³/mol. The van der Waals surface area contributed by atoms with Crippen molar-refractivity contribution in [3.05, 3.63) is 53.1 Å². The molecule has 0 aliphatic heterocycles. The van der Waals surface area contributed by atoms with E-state index >= 15 is 0 Å². The van der Waals surface area contributed by atoms with E-state index in [2.05, 4.69) is 14.5 Å². The van der Waals surface area contributed by atoms with Crippen LogP contribution in [0.5, 0.6) is 0 Å². The van der Waals surface area contributed by atoms with Crippen LogP contribution in [0.3, 0.4) is 0 Å². The van der Waals surface area contributed by atoms with E-state index in [1.165, 1.54) is 5.56 Å². The number of aryl methyl sites for hydroxylation is 1. The van der Waals surface area contributed by atoms with Gasteiger partial charge in [-0.3, -0.25) is 14.7 Å². The Morgan fingerprint density at radius 1 is 1.29 bits per heavy atom. The van der Waals surface area contributed by atoms with Gasteiger partial charge in [-0.2, -0.15) is 0 Å². The van der Waals surface area contributed by atoms with Gasteiger partial charge in [0.25, 0.3) is 0 Å². The summed E-state index contributed by atoms with van der Waals surface area (Å²) in [6.07, 6.45) is 4.53. The highest BCUT2D eigenvalue weighted by molar-refractivity contribution is 5.99. The summed E-state index contributed by atoms with van der Waals surface area (Å²) < 4.78 is 2.06. The van der Waals surface area contributed by atoms with E-state index < -0.39 is 0 Å². The highest BCUT2D eigenvalue weighted by Crippen LogP contribution is 2.14. The number of nitrogens with zero attached hydrogens (tertiary/aromatic N) is 3. The van der Waals surface area contributed by atoms with Crippen LogP contribution in [-0.4, -0.2) is 40.4 Å². The van der Waals surface area contributed by atoms with Gasteiger partial charge in [-0.05, 0) is 51.1 Å². The van der Waals surface area contributed by atoms with Crippen molar-refractivity contribution >= 4 is 5.78 Å². The summed E-state index contributed by atoms with van der Waals surface area (Å²) in [6, 6.07) is 6.01. The quantitative estimate of drug-likeness (QED) is 0.765. The van der Waals surface area contributed by atoms with E-state index in [9.17, 15) is 4.79 Å². The first-order valence-electron chi connectivity index (χ1n) is 7.22. The van der Waals surface area contributed by atoms with Crippen LogP contribution in [0.4, 0.5) is 0 Å². The first-order valence-corrected chi connectivity index (χ1v) is 7.22. The zero-order valence-electron chi connectivity index (χ0n) is 13.3. The molecule has 0 aliphatic carbocycles. The lowest BCUT2D eigenvalue weighted by Gasteiger charge is -2.15. The van der Waals surface area contributed by atoms with Crippen molar-refractivity contribution in [1.82, 2.24) is 14.5 Å². The number of hydrogen-bond donors (Lipinski definition) is 0. The molecule has 21 heavy (non-hydrogen) atoms. The first kappa shape index (κ1) is 15.4. The van der Waals surface area contributed by atoms with Crippen molar-refractivity contribution in [3.63, 3.8) is 0 Å². The Morgan fingerprint density at radius 2 is 1.95 bits per heavy atom. The second-order valence-corrected chi connectivity index (χ2v) is 5.61. The van der Waals surface area contributed by atoms with Gasteiger partial charge < -0.3 is 4.57 Å². The smallest absolute Gasteiger partial charge is 0.178 e. The molecule has 0 radical (unpaired) electrons. The molecule has 0 aromatic carbocycles. The second-order valence-electron chi connectivity index (χ2n) is 5.61. The van der Waals surface area contributed by atoms with Crippen LogP contribution in [0.2, 0.25) is 0 Å². The third-order valence-corrected chi connectivity index (χ3v) is 4.02. The van der Waals surface area contributed by atoms with E-state index in [1.54, 1.807) is 12.4 Å². The Balaban J connectivity index is 1.91. The monoisotopic (exact) mass is 285 g/mol. The lowest BCUT2D eigenvalue weighted by atomic mass is 10.1. The first-order chi connectivity index (χ1) is 9.99. The molecule has 0 saturated carbocycles. The number of carbonyl (C=O) groups excluding carboxylic acids is 1. The molecule has 0 fully saturated rings. The molecule has 4 heteroatoms. The number of carbonyl (C=O) groups is 1. The van der Waals surface area contributed by atoms with Crippen molar-refractivity contribution in [2.24, 2.45) is 7.05 Å². The summed E-state index contributed by atoms with van der Waals surface area (Å²) in [6.45, 7) is 5.34. The van der Waals surface area contributed by atoms with Crippen LogP contribution in [0.25, 0.3) is 0 Å². The second kappa shape index (κ2) is 6.68. The van der Waals surface area contributed by atoms with E-state index in [4.69, 9.17) is 0 Å². The van der Waals surface area contributed by atoms with Crippen LogP contribution in [0, 0.1) is 13.8 Å². The number of rotatable bonds is 6. The summed E-state index contributed by atoms with van der Waals surface area (Å²) in [7, 11) is 3.98. The number of ketones is 1. The molecule has 0 N–H and O–H groups in total. The number of likely N-dealkylation sites (N-methyl/N-ethyl adjacent to an activating group) is 1. The van der Waals surface area contributed by atoms with Gasteiger partial charge in [0, 0.05) is 42.9 Å². The molecule has 0 saturated heterocycles. The number of Topliss-reactive ketones (excluding diaryl/α,β-unsaturated/α-hetero) is 1. The Labute approximate surface area is 126 Å². The third kappa shape index (κ3) is 3.79. The summed E-state index contributed by atoms with van der Waals surface area (Å²) in [5.74, 6) is 0.188. The van der Waals surface area contributed by atoms with Crippen LogP contribution in [0.15, 0.2) is 30.6 Å². The highest BCUT2D eigenvalue weighted by atomic mass is 16.1. The van der Waals surface area contributed by atoms with Gasteiger partial charge in [0.2, 0.25) is 0 Å². The lowest BCUT2D eigenvalue weighted by Crippen LogP contribution is -2.28. The molecular formula is C17H23N3O. The molecule has 0 bridgehead atoms. The predicted octanol–water partition coefficient (Wildman–Crippen LogP) is 2.39. The molecule has 0 unspecified atom stereocenters. The Kier molecular flexibility index (Phi) is 4.91. The standard InChI is InChI=1S/C17H23N3O/c1-13-11-16(14(2)20(13)4)17(21)12-19(3)10-7-15-5-8-18-9-6-15/h5-6,8-9,11H,7,10,12H2,1-4H3. The van der Waals surface area contributed by atoms with Crippen LogP contribution in [0.1, 0.15) is 27.3 Å². The van der Waals surface area contributed by atoms with Gasteiger partial charge in [-0.15, -0.1) is 0 Å². The normalized spacial score (nSPS) is 11.1. The SMILES string of the molecule is Cc1cc(C(=O)CN(C)CCc2ccncc2)c(C)n1C. The molecule has 0 spiro atoms. The maximum atomic E-state index is 12.4. The van der Waals surface area contributed by atoms with Gasteiger partial charge in [0.15, 0.2) is 5.78 Å². The van der Waals surface area contributed by atoms with Gasteiger partial charge >= 0.3 is 0 Å². The van der Waals surface area contributed by atoms with E-state index in [0.717, 1.165) is 29.9 Å². The average Bonchev–Trinajstić information content (AvgIpc) is 2.74. The van der Waals surface area contributed by atoms with Crippen molar-refractivity contribution in [3.8, 4) is 0 Å². The summed E-state index contributed by atoms with van der Waals surface area (Å²) in [4.78, 5) is 18.5. The Bertz CT molecular complexity index is 616. The molecule has 2 rings (SSSR count). The fourth-order valence-electron chi connectivity index (χ4n) is 2.42. The highest BCUT2D eigenvalue weighted by Gasteiger charge is 2.15. The van der Waals surface area contributed by atoms with Crippen LogP contribution < -0.4 is 0 Å². The van der Waals surface area contributed by atoms with Crippen molar-refractivity contribution in [2.45, 2.75) is 20.3 Å². The number of pyridine rings is 1. The molecular weight excluding hydrogens is 262 g/mol. The minimum atomic E-state index is 0.188. The minimum Gasteiger partial charge on any atom is -0.351 e. The van der Waals surface area contributed by atoms with Gasteiger partial charge in [-0.25, -0.2) is 0 Å². The van der Waals surface area contributed by atoms with Gasteiger partial charge in [-0.1, -0.05) is 0 Å². The maximum absolute atomic E-state index is 12.4. The molecule has 0 atom stereocenters. The lowest BCUT2D eigenvalue weighted by molar-refractivity contribution is 0.0946. The Morgan fingerprint density at radius 3 is 2.52 bits per heavy atom. The molecule has 0 aliphatic rings. The molecule has 2 aromatic heterocycles. The minimum absolute atomic E-state index is 0.188.